The van der Waals surface area contributed by atoms with E-state index in [2.05, 4.69) is 11.9 Å². The molecule has 136 valence electrons. The third-order valence-corrected chi connectivity index (χ3v) is 4.12. The fourth-order valence-corrected chi connectivity index (χ4v) is 2.77. The number of carbonyl (C=O) groups is 2. The number of hydrogen-bond donors (Lipinski definition) is 1. The molecule has 0 spiro atoms. The Labute approximate surface area is 155 Å². The van der Waals surface area contributed by atoms with Gasteiger partial charge in [0, 0.05) is 18.7 Å². The lowest BCUT2D eigenvalue weighted by atomic mass is 10.0. The highest BCUT2D eigenvalue weighted by molar-refractivity contribution is 5.94. The van der Waals surface area contributed by atoms with Gasteiger partial charge >= 0.3 is 0 Å². The maximum Gasteiger partial charge on any atom is 0.251 e. The van der Waals surface area contributed by atoms with Gasteiger partial charge in [0.05, 0.1) is 12.5 Å². The van der Waals surface area contributed by atoms with Gasteiger partial charge in [-0.1, -0.05) is 60.7 Å². The first kappa shape index (κ1) is 19.4. The minimum absolute atomic E-state index is 0.00212. The molecule has 0 saturated carbocycles. The fourth-order valence-electron chi connectivity index (χ4n) is 2.77. The maximum atomic E-state index is 12.7. The van der Waals surface area contributed by atoms with E-state index in [0.717, 1.165) is 11.1 Å². The Morgan fingerprint density at radius 3 is 2.15 bits per heavy atom. The molecular formula is C22H26N2O2. The minimum Gasteiger partial charge on any atom is -0.345 e. The van der Waals surface area contributed by atoms with Gasteiger partial charge in [-0.3, -0.25) is 9.59 Å². The second-order valence-corrected chi connectivity index (χ2v) is 6.37. The van der Waals surface area contributed by atoms with Crippen molar-refractivity contribution in [3.05, 3.63) is 83.9 Å². The molecule has 0 aromatic heterocycles. The molecule has 4 nitrogen and oxygen atoms in total. The van der Waals surface area contributed by atoms with Crippen LogP contribution in [-0.4, -0.2) is 29.8 Å². The Balaban J connectivity index is 2.18. The molecule has 4 heteroatoms. The molecule has 0 aliphatic heterocycles. The van der Waals surface area contributed by atoms with E-state index in [1.807, 2.05) is 62.4 Å². The number of rotatable bonds is 8. The van der Waals surface area contributed by atoms with Crippen molar-refractivity contribution in [3.8, 4) is 0 Å². The van der Waals surface area contributed by atoms with Crippen molar-refractivity contribution in [2.75, 3.05) is 13.1 Å². The van der Waals surface area contributed by atoms with Crippen LogP contribution in [0.3, 0.4) is 0 Å². The van der Waals surface area contributed by atoms with Gasteiger partial charge in [0.25, 0.3) is 5.91 Å². The molecule has 0 heterocycles. The molecule has 0 saturated heterocycles. The molecule has 1 unspecified atom stereocenters. The van der Waals surface area contributed by atoms with Crippen LogP contribution in [0.1, 0.15) is 42.2 Å². The zero-order chi connectivity index (χ0) is 18.9. The van der Waals surface area contributed by atoms with Gasteiger partial charge in [-0.25, -0.2) is 0 Å². The summed E-state index contributed by atoms with van der Waals surface area (Å²) in [7, 11) is 0. The normalized spacial score (nSPS) is 11.5. The number of hydrogen-bond acceptors (Lipinski definition) is 2. The first-order valence-corrected chi connectivity index (χ1v) is 8.84. The molecule has 1 atom stereocenters. The van der Waals surface area contributed by atoms with Crippen LogP contribution in [-0.2, 0) is 4.79 Å². The summed E-state index contributed by atoms with van der Waals surface area (Å²) in [5.74, 6) is -0.187. The summed E-state index contributed by atoms with van der Waals surface area (Å²) in [5, 5.41) is 3.00. The Bertz CT molecular complexity index is 741. The molecule has 0 bridgehead atoms. The average molecular weight is 350 g/mol. The standard InChI is InChI=1S/C22H26N2O2/c1-4-24(16-17(2)3)21(25)15-20(18-11-7-5-8-12-18)23-22(26)19-13-9-6-10-14-19/h5-14,20H,2,4,15-16H2,1,3H3,(H,23,26). The maximum absolute atomic E-state index is 12.7. The fraction of sp³-hybridized carbons (Fsp3) is 0.273. The first-order valence-electron chi connectivity index (χ1n) is 8.84. The van der Waals surface area contributed by atoms with Gasteiger partial charge in [0.2, 0.25) is 5.91 Å². The van der Waals surface area contributed by atoms with Crippen molar-refractivity contribution >= 4 is 11.8 Å². The SMILES string of the molecule is C=C(C)CN(CC)C(=O)CC(NC(=O)c1ccccc1)c1ccccc1. The van der Waals surface area contributed by atoms with Crippen LogP contribution in [0.2, 0.25) is 0 Å². The lowest BCUT2D eigenvalue weighted by Gasteiger charge is -2.25. The van der Waals surface area contributed by atoms with E-state index in [9.17, 15) is 9.59 Å². The third kappa shape index (κ3) is 5.59. The summed E-state index contributed by atoms with van der Waals surface area (Å²) in [5.41, 5.74) is 2.43. The lowest BCUT2D eigenvalue weighted by molar-refractivity contribution is -0.131. The van der Waals surface area contributed by atoms with Crippen molar-refractivity contribution < 1.29 is 9.59 Å². The van der Waals surface area contributed by atoms with Crippen molar-refractivity contribution in [2.45, 2.75) is 26.3 Å². The summed E-state index contributed by atoms with van der Waals surface area (Å²) in [6.45, 7) is 8.88. The second kappa shape index (κ2) is 9.56. The van der Waals surface area contributed by atoms with Gasteiger partial charge in [0.1, 0.15) is 0 Å². The predicted molar refractivity (Wildman–Crippen MR) is 105 cm³/mol. The highest BCUT2D eigenvalue weighted by Gasteiger charge is 2.22. The van der Waals surface area contributed by atoms with Crippen LogP contribution in [0.15, 0.2) is 72.8 Å². The van der Waals surface area contributed by atoms with Crippen LogP contribution >= 0.6 is 0 Å². The zero-order valence-corrected chi connectivity index (χ0v) is 15.4. The molecule has 0 aliphatic rings. The zero-order valence-electron chi connectivity index (χ0n) is 15.4. The van der Waals surface area contributed by atoms with Crippen LogP contribution in [0.25, 0.3) is 0 Å². The summed E-state index contributed by atoms with van der Waals surface area (Å²) in [6, 6.07) is 18.3. The number of nitrogens with zero attached hydrogens (tertiary/aromatic N) is 1. The average Bonchev–Trinajstić information content (AvgIpc) is 2.66. The van der Waals surface area contributed by atoms with Gasteiger partial charge in [-0.05, 0) is 31.5 Å². The molecular weight excluding hydrogens is 324 g/mol. The first-order chi connectivity index (χ1) is 12.5. The van der Waals surface area contributed by atoms with Crippen molar-refractivity contribution in [1.29, 1.82) is 0 Å². The summed E-state index contributed by atoms with van der Waals surface area (Å²) in [4.78, 5) is 27.1. The number of benzene rings is 2. The van der Waals surface area contributed by atoms with E-state index in [-0.39, 0.29) is 24.3 Å². The molecule has 2 amide bonds. The smallest absolute Gasteiger partial charge is 0.251 e. The van der Waals surface area contributed by atoms with Gasteiger partial charge < -0.3 is 10.2 Å². The Morgan fingerprint density at radius 2 is 1.62 bits per heavy atom. The largest absolute Gasteiger partial charge is 0.345 e. The monoisotopic (exact) mass is 350 g/mol. The van der Waals surface area contributed by atoms with Crippen molar-refractivity contribution in [3.63, 3.8) is 0 Å². The summed E-state index contributed by atoms with van der Waals surface area (Å²) >= 11 is 0. The van der Waals surface area contributed by atoms with Gasteiger partial charge in [-0.15, -0.1) is 0 Å². The van der Waals surface area contributed by atoms with Crippen LogP contribution < -0.4 is 5.32 Å². The number of likely N-dealkylation sites (N-methyl/N-ethyl adjacent to an activating group) is 1. The minimum atomic E-state index is -0.379. The molecule has 0 aliphatic carbocycles. The quantitative estimate of drug-likeness (QED) is 0.732. The van der Waals surface area contributed by atoms with Crippen LogP contribution in [0.4, 0.5) is 0 Å². The van der Waals surface area contributed by atoms with E-state index >= 15 is 0 Å². The molecule has 2 aromatic rings. The van der Waals surface area contributed by atoms with Crippen molar-refractivity contribution in [1.82, 2.24) is 10.2 Å². The Kier molecular flexibility index (Phi) is 7.15. The lowest BCUT2D eigenvalue weighted by Crippen LogP contribution is -2.37. The van der Waals surface area contributed by atoms with E-state index in [4.69, 9.17) is 0 Å². The summed E-state index contributed by atoms with van der Waals surface area (Å²) < 4.78 is 0. The van der Waals surface area contributed by atoms with E-state index in [1.54, 1.807) is 17.0 Å². The molecule has 2 aromatic carbocycles. The highest BCUT2D eigenvalue weighted by Crippen LogP contribution is 2.19. The summed E-state index contributed by atoms with van der Waals surface area (Å²) in [6.07, 6.45) is 0.212. The molecule has 1 N–H and O–H groups in total. The van der Waals surface area contributed by atoms with Gasteiger partial charge in [0.15, 0.2) is 0 Å². The van der Waals surface area contributed by atoms with E-state index in [0.29, 0.717) is 18.7 Å². The third-order valence-electron chi connectivity index (χ3n) is 4.12. The number of carbonyl (C=O) groups excluding carboxylic acids is 2. The second-order valence-electron chi connectivity index (χ2n) is 6.37. The van der Waals surface area contributed by atoms with Crippen LogP contribution in [0, 0.1) is 0 Å². The van der Waals surface area contributed by atoms with Crippen molar-refractivity contribution in [2.24, 2.45) is 0 Å². The predicted octanol–water partition coefficient (Wildman–Crippen LogP) is 3.97. The highest BCUT2D eigenvalue weighted by atomic mass is 16.2. The Hall–Kier alpha value is -2.88. The number of nitrogens with one attached hydrogen (secondary N) is 1. The van der Waals surface area contributed by atoms with Gasteiger partial charge in [-0.2, -0.15) is 0 Å². The number of amides is 2. The topological polar surface area (TPSA) is 49.4 Å². The van der Waals surface area contributed by atoms with E-state index in [1.165, 1.54) is 0 Å². The Morgan fingerprint density at radius 1 is 1.04 bits per heavy atom. The van der Waals surface area contributed by atoms with E-state index < -0.39 is 0 Å². The molecule has 26 heavy (non-hydrogen) atoms. The molecule has 0 radical (unpaired) electrons. The van der Waals surface area contributed by atoms with Crippen LogP contribution in [0.5, 0.6) is 0 Å². The molecule has 0 fully saturated rings. The molecule has 2 rings (SSSR count).